The Labute approximate surface area is 134 Å². The van der Waals surface area contributed by atoms with Crippen LogP contribution < -0.4 is 0 Å². The lowest BCUT2D eigenvalue weighted by atomic mass is 10.0. The summed E-state index contributed by atoms with van der Waals surface area (Å²) in [6.07, 6.45) is 0. The second-order valence-corrected chi connectivity index (χ2v) is 6.35. The van der Waals surface area contributed by atoms with E-state index in [4.69, 9.17) is 34.8 Å². The third kappa shape index (κ3) is 3.43. The minimum absolute atomic E-state index is 0.330. The second kappa shape index (κ2) is 6.01. The summed E-state index contributed by atoms with van der Waals surface area (Å²) in [4.78, 5) is 0. The number of hydrogen-bond acceptors (Lipinski definition) is 0. The molecule has 0 bridgehead atoms. The first-order valence-corrected chi connectivity index (χ1v) is 7.42. The van der Waals surface area contributed by atoms with Gasteiger partial charge in [-0.15, -0.1) is 11.6 Å². The van der Waals surface area contributed by atoms with Gasteiger partial charge in [-0.1, -0.05) is 29.3 Å². The minimum atomic E-state index is -0.636. The normalized spacial score (nSPS) is 12.5. The number of aryl methyl sites for hydroxylation is 1. The SMILES string of the molecule is Cc1cc(Cl)cc(C(Cl)c2cc(Cl)c(Br)cc2F)c1. The van der Waals surface area contributed by atoms with Crippen LogP contribution in [0.3, 0.4) is 0 Å². The predicted molar refractivity (Wildman–Crippen MR) is 83.0 cm³/mol. The summed E-state index contributed by atoms with van der Waals surface area (Å²) in [5.74, 6) is -0.408. The van der Waals surface area contributed by atoms with Crippen LogP contribution in [0.5, 0.6) is 0 Å². The molecule has 0 fully saturated rings. The first-order valence-electron chi connectivity index (χ1n) is 5.44. The van der Waals surface area contributed by atoms with Crippen LogP contribution in [0.1, 0.15) is 22.1 Å². The highest BCUT2D eigenvalue weighted by Gasteiger charge is 2.18. The molecule has 0 heterocycles. The highest BCUT2D eigenvalue weighted by Crippen LogP contribution is 2.36. The van der Waals surface area contributed by atoms with Crippen LogP contribution in [0.25, 0.3) is 0 Å². The number of rotatable bonds is 2. The number of benzene rings is 2. The predicted octanol–water partition coefficient (Wildman–Crippen LogP) is 6.53. The molecule has 0 aliphatic carbocycles. The molecule has 1 unspecified atom stereocenters. The van der Waals surface area contributed by atoms with E-state index in [0.29, 0.717) is 20.1 Å². The van der Waals surface area contributed by atoms with Crippen LogP contribution in [-0.4, -0.2) is 0 Å². The molecule has 2 rings (SSSR count). The summed E-state index contributed by atoms with van der Waals surface area (Å²) in [5.41, 5.74) is 2.04. The Morgan fingerprint density at radius 2 is 1.79 bits per heavy atom. The van der Waals surface area contributed by atoms with Crippen molar-refractivity contribution in [3.8, 4) is 0 Å². The summed E-state index contributed by atoms with van der Waals surface area (Å²) in [6.45, 7) is 1.91. The summed E-state index contributed by atoms with van der Waals surface area (Å²) >= 11 is 21.5. The van der Waals surface area contributed by atoms with Crippen molar-refractivity contribution in [2.24, 2.45) is 0 Å². The Morgan fingerprint density at radius 3 is 2.42 bits per heavy atom. The Hall–Kier alpha value is -0.280. The molecule has 19 heavy (non-hydrogen) atoms. The summed E-state index contributed by atoms with van der Waals surface area (Å²) in [7, 11) is 0. The molecule has 0 amide bonds. The molecule has 0 saturated carbocycles. The largest absolute Gasteiger partial charge is 0.207 e. The lowest BCUT2D eigenvalue weighted by molar-refractivity contribution is 0.611. The molecule has 2 aromatic rings. The molecule has 100 valence electrons. The van der Waals surface area contributed by atoms with E-state index in [9.17, 15) is 4.39 Å². The highest BCUT2D eigenvalue weighted by atomic mass is 79.9. The van der Waals surface area contributed by atoms with Gasteiger partial charge in [0.2, 0.25) is 0 Å². The Morgan fingerprint density at radius 1 is 1.11 bits per heavy atom. The van der Waals surface area contributed by atoms with Crippen LogP contribution in [0.4, 0.5) is 4.39 Å². The third-order valence-corrected chi connectivity index (χ3v) is 4.57. The van der Waals surface area contributed by atoms with Gasteiger partial charge in [0.1, 0.15) is 5.82 Å². The van der Waals surface area contributed by atoms with E-state index in [-0.39, 0.29) is 0 Å². The molecule has 0 aliphatic heterocycles. The number of hydrogen-bond donors (Lipinski definition) is 0. The van der Waals surface area contributed by atoms with Gasteiger partial charge in [-0.3, -0.25) is 0 Å². The standard InChI is InChI=1S/C14H9BrCl3F/c1-7-2-8(4-9(16)3-7)14(18)10-5-12(17)11(15)6-13(10)19/h2-6,14H,1H3. The van der Waals surface area contributed by atoms with Crippen LogP contribution in [-0.2, 0) is 0 Å². The van der Waals surface area contributed by atoms with Gasteiger partial charge in [0.15, 0.2) is 0 Å². The van der Waals surface area contributed by atoms with E-state index >= 15 is 0 Å². The Balaban J connectivity index is 2.49. The molecule has 0 aliphatic rings. The van der Waals surface area contributed by atoms with E-state index < -0.39 is 11.2 Å². The van der Waals surface area contributed by atoms with Gasteiger partial charge in [-0.2, -0.15) is 0 Å². The fraction of sp³-hybridized carbons (Fsp3) is 0.143. The molecule has 5 heteroatoms. The smallest absolute Gasteiger partial charge is 0.129 e. The quantitative estimate of drug-likeness (QED) is 0.409. The molecule has 0 radical (unpaired) electrons. The lowest BCUT2D eigenvalue weighted by Gasteiger charge is -2.14. The lowest BCUT2D eigenvalue weighted by Crippen LogP contribution is -1.98. The monoisotopic (exact) mass is 380 g/mol. The number of halogens is 5. The van der Waals surface area contributed by atoms with E-state index in [0.717, 1.165) is 11.1 Å². The van der Waals surface area contributed by atoms with Gasteiger partial charge in [0, 0.05) is 15.1 Å². The van der Waals surface area contributed by atoms with Gasteiger partial charge in [-0.05, 0) is 58.2 Å². The second-order valence-electron chi connectivity index (χ2n) is 4.21. The molecule has 0 saturated heterocycles. The van der Waals surface area contributed by atoms with Crippen molar-refractivity contribution in [2.45, 2.75) is 12.3 Å². The molecule has 2 aromatic carbocycles. The minimum Gasteiger partial charge on any atom is -0.207 e. The zero-order chi connectivity index (χ0) is 14.2. The molecule has 0 nitrogen and oxygen atoms in total. The first-order chi connectivity index (χ1) is 8.88. The fourth-order valence-electron chi connectivity index (χ4n) is 1.82. The average Bonchev–Trinajstić information content (AvgIpc) is 2.31. The third-order valence-electron chi connectivity index (χ3n) is 2.67. The van der Waals surface area contributed by atoms with Gasteiger partial charge in [0.25, 0.3) is 0 Å². The topological polar surface area (TPSA) is 0 Å². The zero-order valence-corrected chi connectivity index (χ0v) is 13.7. The van der Waals surface area contributed by atoms with Crippen molar-refractivity contribution in [1.82, 2.24) is 0 Å². The van der Waals surface area contributed by atoms with E-state index in [2.05, 4.69) is 15.9 Å². The van der Waals surface area contributed by atoms with E-state index in [1.54, 1.807) is 6.07 Å². The van der Waals surface area contributed by atoms with Crippen LogP contribution in [0.15, 0.2) is 34.8 Å². The summed E-state index contributed by atoms with van der Waals surface area (Å²) in [6, 6.07) is 8.25. The van der Waals surface area contributed by atoms with Gasteiger partial charge in [0.05, 0.1) is 10.4 Å². The molecular formula is C14H9BrCl3F. The maximum Gasteiger partial charge on any atom is 0.129 e. The fourth-order valence-corrected chi connectivity index (χ4v) is 2.90. The Kier molecular flexibility index (Phi) is 4.78. The van der Waals surface area contributed by atoms with Crippen molar-refractivity contribution in [3.63, 3.8) is 0 Å². The Bertz CT molecular complexity index is 608. The molecule has 0 aromatic heterocycles. The number of alkyl halides is 1. The van der Waals surface area contributed by atoms with Gasteiger partial charge in [-0.25, -0.2) is 4.39 Å². The van der Waals surface area contributed by atoms with Crippen molar-refractivity contribution < 1.29 is 4.39 Å². The highest BCUT2D eigenvalue weighted by molar-refractivity contribution is 9.10. The van der Waals surface area contributed by atoms with E-state index in [1.165, 1.54) is 12.1 Å². The van der Waals surface area contributed by atoms with Crippen molar-refractivity contribution >= 4 is 50.7 Å². The molecular weight excluding hydrogens is 373 g/mol. The first kappa shape index (κ1) is 15.1. The van der Waals surface area contributed by atoms with Crippen LogP contribution in [0.2, 0.25) is 10.0 Å². The average molecular weight is 382 g/mol. The van der Waals surface area contributed by atoms with Crippen molar-refractivity contribution in [1.29, 1.82) is 0 Å². The zero-order valence-electron chi connectivity index (χ0n) is 9.85. The van der Waals surface area contributed by atoms with Gasteiger partial charge >= 0.3 is 0 Å². The van der Waals surface area contributed by atoms with Crippen LogP contribution in [0, 0.1) is 12.7 Å². The van der Waals surface area contributed by atoms with Crippen LogP contribution >= 0.6 is 50.7 Å². The summed E-state index contributed by atoms with van der Waals surface area (Å²) < 4.78 is 14.5. The van der Waals surface area contributed by atoms with E-state index in [1.807, 2.05) is 19.1 Å². The maximum atomic E-state index is 14.0. The summed E-state index contributed by atoms with van der Waals surface area (Å²) in [5, 5.41) is 0.355. The van der Waals surface area contributed by atoms with Crippen molar-refractivity contribution in [3.05, 3.63) is 67.4 Å². The van der Waals surface area contributed by atoms with Gasteiger partial charge < -0.3 is 0 Å². The molecule has 0 N–H and O–H groups in total. The maximum absolute atomic E-state index is 14.0. The molecule has 1 atom stereocenters. The van der Waals surface area contributed by atoms with Crippen molar-refractivity contribution in [2.75, 3.05) is 0 Å². The molecule has 0 spiro atoms.